The molecule has 1 aliphatic heterocycles. The summed E-state index contributed by atoms with van der Waals surface area (Å²) in [5.74, 6) is 0.287. The van der Waals surface area contributed by atoms with E-state index in [4.69, 9.17) is 4.74 Å². The van der Waals surface area contributed by atoms with Crippen molar-refractivity contribution < 1.29 is 14.1 Å². The first-order chi connectivity index (χ1) is 8.81. The van der Waals surface area contributed by atoms with Crippen LogP contribution in [0.15, 0.2) is 10.9 Å². The van der Waals surface area contributed by atoms with Gasteiger partial charge >= 0.3 is 0 Å². The number of hydrogen-bond acceptors (Lipinski definition) is 6. The van der Waals surface area contributed by atoms with Crippen molar-refractivity contribution in [3.8, 4) is 0 Å². The predicted octanol–water partition coefficient (Wildman–Crippen LogP) is -0.300. The molecule has 2 unspecified atom stereocenters. The first-order valence-electron chi connectivity index (χ1n) is 6.15. The van der Waals surface area contributed by atoms with Crippen LogP contribution in [0.2, 0.25) is 0 Å². The lowest BCUT2D eigenvalue weighted by Gasteiger charge is -2.17. The van der Waals surface area contributed by atoms with Crippen LogP contribution in [0, 0.1) is 5.92 Å². The lowest BCUT2D eigenvalue weighted by molar-refractivity contribution is -0.125. The van der Waals surface area contributed by atoms with E-state index in [2.05, 4.69) is 32.2 Å². The summed E-state index contributed by atoms with van der Waals surface area (Å²) in [6.45, 7) is 4.31. The van der Waals surface area contributed by atoms with E-state index in [0.29, 0.717) is 19.0 Å². The van der Waals surface area contributed by atoms with Gasteiger partial charge in [0.2, 0.25) is 12.3 Å². The van der Waals surface area contributed by atoms with Crippen molar-refractivity contribution in [1.82, 2.24) is 20.8 Å². The zero-order valence-electron chi connectivity index (χ0n) is 10.4. The molecule has 7 heteroatoms. The highest BCUT2D eigenvalue weighted by molar-refractivity contribution is 5.79. The quantitative estimate of drug-likeness (QED) is 0.724. The first-order valence-corrected chi connectivity index (χ1v) is 6.15. The Morgan fingerprint density at radius 1 is 1.56 bits per heavy atom. The molecule has 1 aromatic heterocycles. The Morgan fingerprint density at radius 2 is 2.44 bits per heavy atom. The molecule has 7 nitrogen and oxygen atoms in total. The van der Waals surface area contributed by atoms with Gasteiger partial charge in [0.05, 0.1) is 25.7 Å². The van der Waals surface area contributed by atoms with Gasteiger partial charge in [-0.1, -0.05) is 12.1 Å². The average Bonchev–Trinajstić information content (AvgIpc) is 3.04. The maximum atomic E-state index is 12.0. The fraction of sp³-hybridized carbons (Fsp3) is 0.727. The zero-order chi connectivity index (χ0) is 12.8. The summed E-state index contributed by atoms with van der Waals surface area (Å²) in [7, 11) is 0. The van der Waals surface area contributed by atoms with Crippen molar-refractivity contribution in [1.29, 1.82) is 0 Å². The number of amides is 1. The zero-order valence-corrected chi connectivity index (χ0v) is 10.4. The number of hydrogen-bond donors (Lipinski definition) is 2. The Hall–Kier alpha value is -1.47. The van der Waals surface area contributed by atoms with E-state index in [1.165, 1.54) is 6.39 Å². The van der Waals surface area contributed by atoms with Gasteiger partial charge in [-0.05, 0) is 13.0 Å². The second-order valence-corrected chi connectivity index (χ2v) is 4.27. The predicted molar refractivity (Wildman–Crippen MR) is 62.5 cm³/mol. The van der Waals surface area contributed by atoms with Crippen LogP contribution >= 0.6 is 0 Å². The fourth-order valence-electron chi connectivity index (χ4n) is 1.91. The minimum atomic E-state index is -0.150. The molecule has 1 amide bonds. The number of ether oxygens (including phenoxy) is 1. The topological polar surface area (TPSA) is 89.3 Å². The molecule has 0 saturated carbocycles. The summed E-state index contributed by atoms with van der Waals surface area (Å²) in [5, 5.41) is 9.75. The van der Waals surface area contributed by atoms with Crippen LogP contribution in [-0.4, -0.2) is 41.8 Å². The molecule has 2 atom stereocenters. The molecule has 1 saturated heterocycles. The Morgan fingerprint density at radius 3 is 3.17 bits per heavy atom. The molecule has 100 valence electrons. The Bertz CT molecular complexity index is 368. The summed E-state index contributed by atoms with van der Waals surface area (Å²) < 4.78 is 9.95. The van der Waals surface area contributed by atoms with Gasteiger partial charge in [0.25, 0.3) is 0 Å². The molecule has 0 aliphatic carbocycles. The lowest BCUT2D eigenvalue weighted by Crippen LogP contribution is -2.44. The molecule has 18 heavy (non-hydrogen) atoms. The van der Waals surface area contributed by atoms with Gasteiger partial charge in [-0.2, -0.15) is 4.98 Å². The van der Waals surface area contributed by atoms with Crippen LogP contribution in [-0.2, 0) is 16.1 Å². The molecule has 0 aromatic carbocycles. The van der Waals surface area contributed by atoms with Crippen molar-refractivity contribution in [2.45, 2.75) is 25.9 Å². The fourth-order valence-corrected chi connectivity index (χ4v) is 1.91. The monoisotopic (exact) mass is 254 g/mol. The van der Waals surface area contributed by atoms with E-state index < -0.39 is 0 Å². The molecule has 2 N–H and O–H groups in total. The van der Waals surface area contributed by atoms with E-state index >= 15 is 0 Å². The van der Waals surface area contributed by atoms with Crippen LogP contribution in [0.1, 0.15) is 19.2 Å². The van der Waals surface area contributed by atoms with Crippen LogP contribution < -0.4 is 10.6 Å². The van der Waals surface area contributed by atoms with Gasteiger partial charge in [-0.25, -0.2) is 0 Å². The highest BCUT2D eigenvalue weighted by atomic mass is 16.5. The lowest BCUT2D eigenvalue weighted by atomic mass is 10.0. The van der Waals surface area contributed by atoms with E-state index in [-0.39, 0.29) is 24.4 Å². The van der Waals surface area contributed by atoms with Crippen LogP contribution in [0.3, 0.4) is 0 Å². The van der Waals surface area contributed by atoms with Crippen LogP contribution in [0.25, 0.3) is 0 Å². The number of nitrogens with one attached hydrogen (secondary N) is 2. The minimum Gasteiger partial charge on any atom is -0.379 e. The van der Waals surface area contributed by atoms with Crippen molar-refractivity contribution in [3.05, 3.63) is 12.2 Å². The molecular formula is C11H18N4O3. The molecule has 0 spiro atoms. The van der Waals surface area contributed by atoms with E-state index in [1.807, 2.05) is 0 Å². The van der Waals surface area contributed by atoms with Crippen molar-refractivity contribution in [2.75, 3.05) is 19.8 Å². The summed E-state index contributed by atoms with van der Waals surface area (Å²) in [5.41, 5.74) is 0. The van der Waals surface area contributed by atoms with Gasteiger partial charge in [-0.3, -0.25) is 4.79 Å². The second kappa shape index (κ2) is 6.46. The summed E-state index contributed by atoms with van der Waals surface area (Å²) >= 11 is 0. The third-order valence-corrected chi connectivity index (χ3v) is 2.90. The standard InChI is InChI=1S/C11H18N4O3/c1-2-3-12-9-6-17-5-8(9)11(16)13-4-10-14-7-18-15-10/h7-9,12H,2-6H2,1H3,(H,13,16). The Kier molecular flexibility index (Phi) is 4.66. The van der Waals surface area contributed by atoms with Crippen LogP contribution in [0.4, 0.5) is 0 Å². The first kappa shape index (κ1) is 13.0. The van der Waals surface area contributed by atoms with Gasteiger partial charge in [0, 0.05) is 6.04 Å². The highest BCUT2D eigenvalue weighted by Gasteiger charge is 2.33. The maximum Gasteiger partial charge on any atom is 0.227 e. The smallest absolute Gasteiger partial charge is 0.227 e. The maximum absolute atomic E-state index is 12.0. The Labute approximate surface area is 105 Å². The van der Waals surface area contributed by atoms with Gasteiger partial charge in [0.1, 0.15) is 0 Å². The molecule has 1 aromatic rings. The number of aromatic nitrogens is 2. The van der Waals surface area contributed by atoms with Gasteiger partial charge in [-0.15, -0.1) is 0 Å². The summed E-state index contributed by atoms with van der Waals surface area (Å²) in [6.07, 6.45) is 2.28. The van der Waals surface area contributed by atoms with E-state index in [1.54, 1.807) is 0 Å². The van der Waals surface area contributed by atoms with Crippen LogP contribution in [0.5, 0.6) is 0 Å². The molecule has 0 bridgehead atoms. The number of carbonyl (C=O) groups is 1. The van der Waals surface area contributed by atoms with Crippen molar-refractivity contribution in [3.63, 3.8) is 0 Å². The van der Waals surface area contributed by atoms with Gasteiger partial charge in [0.15, 0.2) is 5.82 Å². The minimum absolute atomic E-state index is 0.0362. The number of nitrogens with zero attached hydrogens (tertiary/aromatic N) is 2. The molecular weight excluding hydrogens is 236 g/mol. The number of rotatable bonds is 6. The second-order valence-electron chi connectivity index (χ2n) is 4.27. The van der Waals surface area contributed by atoms with E-state index in [0.717, 1.165) is 13.0 Å². The molecule has 1 fully saturated rings. The highest BCUT2D eigenvalue weighted by Crippen LogP contribution is 2.14. The molecule has 2 rings (SSSR count). The largest absolute Gasteiger partial charge is 0.379 e. The molecule has 0 radical (unpaired) electrons. The van der Waals surface area contributed by atoms with Crippen molar-refractivity contribution in [2.24, 2.45) is 5.92 Å². The average molecular weight is 254 g/mol. The summed E-state index contributed by atoms with van der Waals surface area (Å²) in [4.78, 5) is 15.8. The third-order valence-electron chi connectivity index (χ3n) is 2.90. The number of carbonyl (C=O) groups excluding carboxylic acids is 1. The molecule has 2 heterocycles. The van der Waals surface area contributed by atoms with Crippen molar-refractivity contribution >= 4 is 5.91 Å². The molecule has 1 aliphatic rings. The Balaban J connectivity index is 1.80. The normalized spacial score (nSPS) is 23.2. The van der Waals surface area contributed by atoms with Gasteiger partial charge < -0.3 is 19.9 Å². The van der Waals surface area contributed by atoms with E-state index in [9.17, 15) is 4.79 Å². The summed E-state index contributed by atoms with van der Waals surface area (Å²) in [6, 6.07) is 0.0928. The third kappa shape index (κ3) is 3.27. The SMILES string of the molecule is CCCNC1COCC1C(=O)NCc1ncon1.